The second-order valence-electron chi connectivity index (χ2n) is 5.69. The van der Waals surface area contributed by atoms with Crippen LogP contribution in [0, 0.1) is 10.7 Å². The van der Waals surface area contributed by atoms with Gasteiger partial charge in [-0.25, -0.2) is 0 Å². The van der Waals surface area contributed by atoms with Crippen LogP contribution in [0.4, 0.5) is 0 Å². The summed E-state index contributed by atoms with van der Waals surface area (Å²) in [6.45, 7) is 2.29. The van der Waals surface area contributed by atoms with Gasteiger partial charge in [0.1, 0.15) is 0 Å². The van der Waals surface area contributed by atoms with Crippen molar-refractivity contribution in [2.45, 2.75) is 51.5 Å². The molecule has 3 rings (SSSR count). The highest BCUT2D eigenvalue weighted by molar-refractivity contribution is 7.71. The van der Waals surface area contributed by atoms with Gasteiger partial charge in [0.25, 0.3) is 0 Å². The quantitative estimate of drug-likeness (QED) is 0.760. The van der Waals surface area contributed by atoms with E-state index in [0.29, 0.717) is 6.04 Å². The van der Waals surface area contributed by atoms with E-state index in [1.807, 2.05) is 0 Å². The van der Waals surface area contributed by atoms with E-state index in [1.54, 1.807) is 0 Å². The van der Waals surface area contributed by atoms with E-state index in [1.165, 1.54) is 49.6 Å². The minimum atomic E-state index is 0.559. The second kappa shape index (κ2) is 5.49. The molecular formula is C16H22N2S. The molecule has 0 amide bonds. The summed E-state index contributed by atoms with van der Waals surface area (Å²) in [6, 6.07) is 9.04. The Kier molecular flexibility index (Phi) is 3.74. The zero-order valence-corrected chi connectivity index (χ0v) is 12.4. The number of nitrogens with zero attached hydrogens (tertiary/aromatic N) is 1. The van der Waals surface area contributed by atoms with Crippen molar-refractivity contribution in [3.8, 4) is 0 Å². The van der Waals surface area contributed by atoms with Crippen molar-refractivity contribution in [3.05, 3.63) is 29.0 Å². The third-order valence-electron chi connectivity index (χ3n) is 4.57. The van der Waals surface area contributed by atoms with E-state index in [2.05, 4.69) is 40.7 Å². The van der Waals surface area contributed by atoms with E-state index in [0.717, 1.165) is 10.7 Å². The molecule has 1 heterocycles. The van der Waals surface area contributed by atoms with E-state index in [9.17, 15) is 0 Å². The number of aromatic amines is 1. The molecule has 2 nitrogen and oxygen atoms in total. The standard InChI is InChI=1S/C16H22N2S/c1-2-14(12-8-4-3-5-9-12)18-15-11-7-6-10-13(15)17-16(18)19/h6-7,10-12,14H,2-5,8-9H2,1H3,(H,17,19). The summed E-state index contributed by atoms with van der Waals surface area (Å²) < 4.78 is 3.26. The Morgan fingerprint density at radius 1 is 1.26 bits per heavy atom. The third-order valence-corrected chi connectivity index (χ3v) is 4.87. The lowest BCUT2D eigenvalue weighted by Gasteiger charge is -2.31. The fourth-order valence-corrected chi connectivity index (χ4v) is 3.99. The fourth-order valence-electron chi connectivity index (χ4n) is 3.65. The first-order chi connectivity index (χ1) is 9.31. The number of rotatable bonds is 3. The number of hydrogen-bond acceptors (Lipinski definition) is 1. The smallest absolute Gasteiger partial charge is 0.178 e. The first-order valence-electron chi connectivity index (χ1n) is 7.50. The van der Waals surface area contributed by atoms with Crippen molar-refractivity contribution < 1.29 is 0 Å². The molecule has 1 N–H and O–H groups in total. The molecular weight excluding hydrogens is 252 g/mol. The summed E-state index contributed by atoms with van der Waals surface area (Å²) in [7, 11) is 0. The topological polar surface area (TPSA) is 20.7 Å². The summed E-state index contributed by atoms with van der Waals surface area (Å²) in [6.07, 6.45) is 8.07. The van der Waals surface area contributed by atoms with Crippen molar-refractivity contribution in [1.82, 2.24) is 9.55 Å². The van der Waals surface area contributed by atoms with Crippen molar-refractivity contribution in [2.24, 2.45) is 5.92 Å². The van der Waals surface area contributed by atoms with Crippen LogP contribution in [0.1, 0.15) is 51.5 Å². The van der Waals surface area contributed by atoms with Crippen LogP contribution in [-0.4, -0.2) is 9.55 Å². The highest BCUT2D eigenvalue weighted by atomic mass is 32.1. The summed E-state index contributed by atoms with van der Waals surface area (Å²) in [5.41, 5.74) is 2.44. The van der Waals surface area contributed by atoms with Gasteiger partial charge in [-0.3, -0.25) is 0 Å². The SMILES string of the molecule is CCC(C1CCCCC1)n1c(=S)[nH]c2ccccc21. The molecule has 1 aliphatic rings. The Morgan fingerprint density at radius 3 is 2.74 bits per heavy atom. The highest BCUT2D eigenvalue weighted by Gasteiger charge is 2.25. The van der Waals surface area contributed by atoms with Crippen LogP contribution in [-0.2, 0) is 0 Å². The minimum Gasteiger partial charge on any atom is -0.331 e. The van der Waals surface area contributed by atoms with Gasteiger partial charge in [0.05, 0.1) is 11.0 Å². The molecule has 0 saturated heterocycles. The van der Waals surface area contributed by atoms with Gasteiger partial charge in [0.2, 0.25) is 0 Å². The largest absolute Gasteiger partial charge is 0.331 e. The average molecular weight is 274 g/mol. The van der Waals surface area contributed by atoms with Gasteiger partial charge >= 0.3 is 0 Å². The molecule has 1 aliphatic carbocycles. The van der Waals surface area contributed by atoms with Crippen molar-refractivity contribution in [1.29, 1.82) is 0 Å². The van der Waals surface area contributed by atoms with Crippen molar-refractivity contribution >= 4 is 23.3 Å². The molecule has 1 unspecified atom stereocenters. The van der Waals surface area contributed by atoms with Crippen molar-refractivity contribution in [3.63, 3.8) is 0 Å². The number of aromatic nitrogens is 2. The van der Waals surface area contributed by atoms with Crippen LogP contribution in [0.5, 0.6) is 0 Å². The predicted octanol–water partition coefficient (Wildman–Crippen LogP) is 5.23. The van der Waals surface area contributed by atoms with Crippen LogP contribution in [0.25, 0.3) is 11.0 Å². The fraction of sp³-hybridized carbons (Fsp3) is 0.562. The Balaban J connectivity index is 2.05. The lowest BCUT2D eigenvalue weighted by atomic mass is 9.83. The summed E-state index contributed by atoms with van der Waals surface area (Å²) in [5.74, 6) is 0.796. The molecule has 1 aromatic carbocycles. The van der Waals surface area contributed by atoms with Gasteiger partial charge in [0.15, 0.2) is 4.77 Å². The molecule has 19 heavy (non-hydrogen) atoms. The molecule has 0 aliphatic heterocycles. The van der Waals surface area contributed by atoms with Crippen LogP contribution in [0.2, 0.25) is 0 Å². The molecule has 0 radical (unpaired) electrons. The zero-order chi connectivity index (χ0) is 13.2. The van der Waals surface area contributed by atoms with Gasteiger partial charge in [-0.05, 0) is 49.5 Å². The summed E-state index contributed by atoms with van der Waals surface area (Å²) in [4.78, 5) is 3.36. The van der Waals surface area contributed by atoms with Gasteiger partial charge in [-0.1, -0.05) is 38.3 Å². The number of benzene rings is 1. The van der Waals surface area contributed by atoms with Crippen molar-refractivity contribution in [2.75, 3.05) is 0 Å². The first-order valence-corrected chi connectivity index (χ1v) is 7.91. The lowest BCUT2D eigenvalue weighted by Crippen LogP contribution is -2.21. The Bertz CT molecular complexity index is 604. The average Bonchev–Trinajstić information content (AvgIpc) is 2.78. The Labute approximate surface area is 119 Å². The highest BCUT2D eigenvalue weighted by Crippen LogP contribution is 2.36. The normalized spacial score (nSPS) is 18.8. The van der Waals surface area contributed by atoms with Gasteiger partial charge in [-0.15, -0.1) is 0 Å². The maximum absolute atomic E-state index is 5.57. The van der Waals surface area contributed by atoms with Crippen LogP contribution < -0.4 is 0 Å². The summed E-state index contributed by atoms with van der Waals surface area (Å²) in [5, 5.41) is 0. The Morgan fingerprint density at radius 2 is 2.00 bits per heavy atom. The third kappa shape index (κ3) is 2.36. The number of nitrogens with one attached hydrogen (secondary N) is 1. The molecule has 2 aromatic rings. The molecule has 3 heteroatoms. The molecule has 1 atom stereocenters. The van der Waals surface area contributed by atoms with Crippen LogP contribution in [0.15, 0.2) is 24.3 Å². The number of hydrogen-bond donors (Lipinski definition) is 1. The second-order valence-corrected chi connectivity index (χ2v) is 6.08. The molecule has 1 saturated carbocycles. The summed E-state index contributed by atoms with van der Waals surface area (Å²) >= 11 is 5.57. The van der Waals surface area contributed by atoms with Gasteiger partial charge in [0, 0.05) is 6.04 Å². The molecule has 102 valence electrons. The number of imidazole rings is 1. The maximum atomic E-state index is 5.57. The monoisotopic (exact) mass is 274 g/mol. The van der Waals surface area contributed by atoms with E-state index in [-0.39, 0.29) is 0 Å². The minimum absolute atomic E-state index is 0.559. The molecule has 1 fully saturated rings. The maximum Gasteiger partial charge on any atom is 0.178 e. The van der Waals surface area contributed by atoms with E-state index in [4.69, 9.17) is 12.2 Å². The van der Waals surface area contributed by atoms with Crippen LogP contribution >= 0.6 is 12.2 Å². The molecule has 0 bridgehead atoms. The number of fused-ring (bicyclic) bond motifs is 1. The number of para-hydroxylation sites is 2. The van der Waals surface area contributed by atoms with E-state index >= 15 is 0 Å². The van der Waals surface area contributed by atoms with Crippen LogP contribution in [0.3, 0.4) is 0 Å². The van der Waals surface area contributed by atoms with E-state index < -0.39 is 0 Å². The zero-order valence-electron chi connectivity index (χ0n) is 11.6. The predicted molar refractivity (Wildman–Crippen MR) is 83.0 cm³/mol. The molecule has 0 spiro atoms. The first kappa shape index (κ1) is 12.9. The molecule has 1 aromatic heterocycles. The Hall–Kier alpha value is -1.09. The van der Waals surface area contributed by atoms with Gasteiger partial charge in [-0.2, -0.15) is 0 Å². The lowest BCUT2D eigenvalue weighted by molar-refractivity contribution is 0.245. The number of H-pyrrole nitrogens is 1. The van der Waals surface area contributed by atoms with Gasteiger partial charge < -0.3 is 9.55 Å².